The molecule has 2 aromatic rings. The smallest absolute Gasteiger partial charge is 0.264 e. The van der Waals surface area contributed by atoms with Gasteiger partial charge in [0.15, 0.2) is 0 Å². The summed E-state index contributed by atoms with van der Waals surface area (Å²) in [6.45, 7) is 1.80. The Hall–Kier alpha value is -2.56. The number of phenolic OH excluding ortho intramolecular Hbond substituents is 2. The number of nitrogens with zero attached hydrogens (tertiary/aromatic N) is 1. The highest BCUT2D eigenvalue weighted by Gasteiger charge is 2.16. The van der Waals surface area contributed by atoms with Crippen LogP contribution in [0.2, 0.25) is 0 Å². The van der Waals surface area contributed by atoms with Crippen molar-refractivity contribution in [1.82, 2.24) is 4.98 Å². The molecule has 5 heteroatoms. The third kappa shape index (κ3) is 2.24. The fourth-order valence-corrected chi connectivity index (χ4v) is 1.55. The number of anilines is 1. The van der Waals surface area contributed by atoms with Gasteiger partial charge in [-0.05, 0) is 30.7 Å². The SMILES string of the molecule is Cc1cccnc1NC(=O)c1c(O)cccc1O. The Morgan fingerprint density at radius 2 is 1.83 bits per heavy atom. The van der Waals surface area contributed by atoms with Crippen LogP contribution in [0.3, 0.4) is 0 Å². The second-order valence-corrected chi connectivity index (χ2v) is 3.79. The first-order valence-corrected chi connectivity index (χ1v) is 5.33. The first-order chi connectivity index (χ1) is 8.59. The van der Waals surface area contributed by atoms with Crippen molar-refractivity contribution in [2.75, 3.05) is 5.32 Å². The average molecular weight is 244 g/mol. The Balaban J connectivity index is 2.31. The van der Waals surface area contributed by atoms with Gasteiger partial charge < -0.3 is 15.5 Å². The van der Waals surface area contributed by atoms with E-state index >= 15 is 0 Å². The Labute approximate surface area is 104 Å². The number of aryl methyl sites for hydroxylation is 1. The molecule has 0 aliphatic carbocycles. The fraction of sp³-hybridized carbons (Fsp3) is 0.0769. The van der Waals surface area contributed by atoms with Crippen molar-refractivity contribution in [2.45, 2.75) is 6.92 Å². The summed E-state index contributed by atoms with van der Waals surface area (Å²) in [6, 6.07) is 7.67. The van der Waals surface area contributed by atoms with Gasteiger partial charge in [-0.1, -0.05) is 12.1 Å². The lowest BCUT2D eigenvalue weighted by atomic mass is 10.1. The zero-order valence-corrected chi connectivity index (χ0v) is 9.71. The van der Waals surface area contributed by atoms with E-state index in [2.05, 4.69) is 10.3 Å². The lowest BCUT2D eigenvalue weighted by Crippen LogP contribution is -2.14. The summed E-state index contributed by atoms with van der Waals surface area (Å²) in [4.78, 5) is 15.9. The van der Waals surface area contributed by atoms with E-state index < -0.39 is 5.91 Å². The molecule has 1 aromatic carbocycles. The van der Waals surface area contributed by atoms with Crippen LogP contribution in [-0.4, -0.2) is 21.1 Å². The van der Waals surface area contributed by atoms with Crippen molar-refractivity contribution in [3.05, 3.63) is 47.7 Å². The fourth-order valence-electron chi connectivity index (χ4n) is 1.55. The molecule has 1 heterocycles. The standard InChI is InChI=1S/C13H12N2O3/c1-8-4-3-7-14-12(8)15-13(18)11-9(16)5-2-6-10(11)17/h2-7,16-17H,1H3,(H,14,15,18). The molecule has 0 bridgehead atoms. The van der Waals surface area contributed by atoms with Gasteiger partial charge in [-0.15, -0.1) is 0 Å². The maximum atomic E-state index is 11.9. The van der Waals surface area contributed by atoms with Gasteiger partial charge in [0.2, 0.25) is 0 Å². The number of rotatable bonds is 2. The number of aromatic nitrogens is 1. The molecule has 1 aromatic heterocycles. The maximum absolute atomic E-state index is 11.9. The largest absolute Gasteiger partial charge is 0.507 e. The number of phenols is 2. The van der Waals surface area contributed by atoms with E-state index in [-0.39, 0.29) is 17.1 Å². The highest BCUT2D eigenvalue weighted by Crippen LogP contribution is 2.27. The van der Waals surface area contributed by atoms with E-state index in [1.807, 2.05) is 0 Å². The number of nitrogens with one attached hydrogen (secondary N) is 1. The molecule has 0 atom stereocenters. The number of carbonyl (C=O) groups is 1. The quantitative estimate of drug-likeness (QED) is 0.755. The van der Waals surface area contributed by atoms with Crippen LogP contribution >= 0.6 is 0 Å². The van der Waals surface area contributed by atoms with Crippen LogP contribution in [0.25, 0.3) is 0 Å². The van der Waals surface area contributed by atoms with Gasteiger partial charge in [-0.2, -0.15) is 0 Å². The highest BCUT2D eigenvalue weighted by molar-refractivity contribution is 6.07. The number of amides is 1. The zero-order chi connectivity index (χ0) is 13.1. The molecule has 0 saturated carbocycles. The summed E-state index contributed by atoms with van der Waals surface area (Å²) in [6.07, 6.45) is 1.55. The summed E-state index contributed by atoms with van der Waals surface area (Å²) in [5.74, 6) is -0.764. The molecule has 0 aliphatic heterocycles. The number of hydrogen-bond donors (Lipinski definition) is 3. The molecule has 0 unspecified atom stereocenters. The van der Waals surface area contributed by atoms with Crippen LogP contribution in [0.1, 0.15) is 15.9 Å². The van der Waals surface area contributed by atoms with E-state index in [0.717, 1.165) is 5.56 Å². The number of benzene rings is 1. The van der Waals surface area contributed by atoms with Gasteiger partial charge in [-0.3, -0.25) is 4.79 Å². The van der Waals surface area contributed by atoms with Crippen molar-refractivity contribution in [3.8, 4) is 11.5 Å². The predicted molar refractivity (Wildman–Crippen MR) is 66.7 cm³/mol. The van der Waals surface area contributed by atoms with E-state index in [4.69, 9.17) is 0 Å². The zero-order valence-electron chi connectivity index (χ0n) is 9.71. The van der Waals surface area contributed by atoms with Crippen molar-refractivity contribution in [1.29, 1.82) is 0 Å². The summed E-state index contributed by atoms with van der Waals surface area (Å²) in [5.41, 5.74) is 0.628. The van der Waals surface area contributed by atoms with Crippen molar-refractivity contribution in [2.24, 2.45) is 0 Å². The molecule has 0 radical (unpaired) electrons. The normalized spacial score (nSPS) is 10.1. The summed E-state index contributed by atoms with van der Waals surface area (Å²) >= 11 is 0. The van der Waals surface area contributed by atoms with Gasteiger partial charge in [0.05, 0.1) is 0 Å². The first-order valence-electron chi connectivity index (χ1n) is 5.33. The Morgan fingerprint density at radius 3 is 2.44 bits per heavy atom. The molecule has 92 valence electrons. The number of carbonyl (C=O) groups excluding carboxylic acids is 1. The van der Waals surface area contributed by atoms with Crippen LogP contribution < -0.4 is 5.32 Å². The summed E-state index contributed by atoms with van der Waals surface area (Å²) < 4.78 is 0. The summed E-state index contributed by atoms with van der Waals surface area (Å²) in [5, 5.41) is 21.7. The second-order valence-electron chi connectivity index (χ2n) is 3.79. The van der Waals surface area contributed by atoms with E-state index in [1.54, 1.807) is 25.3 Å². The monoisotopic (exact) mass is 244 g/mol. The molecule has 5 nitrogen and oxygen atoms in total. The van der Waals surface area contributed by atoms with Gasteiger partial charge in [0, 0.05) is 6.20 Å². The Kier molecular flexibility index (Phi) is 3.14. The molecule has 3 N–H and O–H groups in total. The van der Waals surface area contributed by atoms with Gasteiger partial charge in [0.1, 0.15) is 22.9 Å². The van der Waals surface area contributed by atoms with Crippen LogP contribution in [0.15, 0.2) is 36.5 Å². The molecule has 0 aliphatic rings. The number of hydrogen-bond acceptors (Lipinski definition) is 4. The highest BCUT2D eigenvalue weighted by atomic mass is 16.3. The van der Waals surface area contributed by atoms with E-state index in [9.17, 15) is 15.0 Å². The third-order valence-electron chi connectivity index (χ3n) is 2.49. The molecule has 0 saturated heterocycles. The topological polar surface area (TPSA) is 82.5 Å². The maximum Gasteiger partial charge on any atom is 0.264 e. The van der Waals surface area contributed by atoms with Crippen LogP contribution in [0.4, 0.5) is 5.82 Å². The van der Waals surface area contributed by atoms with E-state index in [1.165, 1.54) is 18.2 Å². The van der Waals surface area contributed by atoms with Crippen molar-refractivity contribution >= 4 is 11.7 Å². The molecular formula is C13H12N2O3. The van der Waals surface area contributed by atoms with Gasteiger partial charge >= 0.3 is 0 Å². The summed E-state index contributed by atoms with van der Waals surface area (Å²) in [7, 11) is 0. The minimum Gasteiger partial charge on any atom is -0.507 e. The van der Waals surface area contributed by atoms with Crippen LogP contribution in [-0.2, 0) is 0 Å². The molecule has 1 amide bonds. The molecule has 2 rings (SSSR count). The second kappa shape index (κ2) is 4.75. The molecular weight excluding hydrogens is 232 g/mol. The Bertz CT molecular complexity index is 576. The van der Waals surface area contributed by atoms with Gasteiger partial charge in [0.25, 0.3) is 5.91 Å². The van der Waals surface area contributed by atoms with Gasteiger partial charge in [-0.25, -0.2) is 4.98 Å². The average Bonchev–Trinajstić information content (AvgIpc) is 2.32. The predicted octanol–water partition coefficient (Wildman–Crippen LogP) is 2.05. The first kappa shape index (κ1) is 11.9. The third-order valence-corrected chi connectivity index (χ3v) is 2.49. The van der Waals surface area contributed by atoms with Crippen LogP contribution in [0, 0.1) is 6.92 Å². The van der Waals surface area contributed by atoms with Crippen molar-refractivity contribution in [3.63, 3.8) is 0 Å². The minimum atomic E-state index is -0.604. The Morgan fingerprint density at radius 1 is 1.17 bits per heavy atom. The lowest BCUT2D eigenvalue weighted by molar-refractivity contribution is 0.102. The van der Waals surface area contributed by atoms with Crippen molar-refractivity contribution < 1.29 is 15.0 Å². The minimum absolute atomic E-state index is 0.164. The van der Waals surface area contributed by atoms with Crippen LogP contribution in [0.5, 0.6) is 11.5 Å². The molecule has 18 heavy (non-hydrogen) atoms. The number of pyridine rings is 1. The van der Waals surface area contributed by atoms with E-state index in [0.29, 0.717) is 5.82 Å². The lowest BCUT2D eigenvalue weighted by Gasteiger charge is -2.09. The molecule has 0 fully saturated rings. The number of aromatic hydroxyl groups is 2. The molecule has 0 spiro atoms.